The largest absolute Gasteiger partial charge is 0.385 e. The smallest absolute Gasteiger partial charge is 0.226 e. The Morgan fingerprint density at radius 3 is 2.60 bits per heavy atom. The number of hydrogen-bond acceptors (Lipinski definition) is 5. The number of aromatic nitrogens is 2. The molecule has 0 aliphatic rings. The molecule has 116 valence electrons. The standard InChI is InChI=1S/C15H29N3O2/c1-15(2,3)12(9-10-16)7-8-14-17-13(18-20-14)6-5-11-19-4/h12H,5-11,16H2,1-4H3. The third kappa shape index (κ3) is 6.01. The van der Waals surface area contributed by atoms with E-state index in [9.17, 15) is 0 Å². The van der Waals surface area contributed by atoms with Gasteiger partial charge in [-0.25, -0.2) is 0 Å². The normalized spacial score (nSPS) is 13.7. The fourth-order valence-corrected chi connectivity index (χ4v) is 2.38. The zero-order valence-corrected chi connectivity index (χ0v) is 13.3. The summed E-state index contributed by atoms with van der Waals surface area (Å²) >= 11 is 0. The topological polar surface area (TPSA) is 74.2 Å². The maximum absolute atomic E-state index is 5.70. The van der Waals surface area contributed by atoms with Gasteiger partial charge in [0, 0.05) is 26.6 Å². The second-order valence-electron chi connectivity index (χ2n) is 6.38. The van der Waals surface area contributed by atoms with E-state index >= 15 is 0 Å². The number of nitrogens with zero attached hydrogens (tertiary/aromatic N) is 2. The fourth-order valence-electron chi connectivity index (χ4n) is 2.38. The third-order valence-electron chi connectivity index (χ3n) is 3.71. The minimum absolute atomic E-state index is 0.265. The molecule has 0 bridgehead atoms. The lowest BCUT2D eigenvalue weighted by Gasteiger charge is -2.30. The van der Waals surface area contributed by atoms with Crippen molar-refractivity contribution in [1.82, 2.24) is 10.1 Å². The SMILES string of the molecule is COCCCc1noc(CCC(CCN)C(C)(C)C)n1. The van der Waals surface area contributed by atoms with Crippen LogP contribution in [-0.4, -0.2) is 30.4 Å². The van der Waals surface area contributed by atoms with E-state index in [0.717, 1.165) is 57.0 Å². The van der Waals surface area contributed by atoms with Crippen LogP contribution in [0.25, 0.3) is 0 Å². The molecule has 2 N–H and O–H groups in total. The molecule has 1 unspecified atom stereocenters. The molecule has 1 rings (SSSR count). The highest BCUT2D eigenvalue weighted by molar-refractivity contribution is 4.88. The first-order chi connectivity index (χ1) is 9.47. The minimum Gasteiger partial charge on any atom is -0.385 e. The van der Waals surface area contributed by atoms with Crippen molar-refractivity contribution in [1.29, 1.82) is 0 Å². The van der Waals surface area contributed by atoms with E-state index in [0.29, 0.717) is 5.92 Å². The zero-order valence-electron chi connectivity index (χ0n) is 13.3. The van der Waals surface area contributed by atoms with Crippen molar-refractivity contribution in [2.45, 2.75) is 52.9 Å². The van der Waals surface area contributed by atoms with Gasteiger partial charge in [-0.1, -0.05) is 25.9 Å². The van der Waals surface area contributed by atoms with Crippen LogP contribution in [0.3, 0.4) is 0 Å². The molecule has 0 spiro atoms. The lowest BCUT2D eigenvalue weighted by atomic mass is 9.76. The number of hydrogen-bond donors (Lipinski definition) is 1. The first-order valence-electron chi connectivity index (χ1n) is 7.47. The summed E-state index contributed by atoms with van der Waals surface area (Å²) in [6, 6.07) is 0. The first-order valence-corrected chi connectivity index (χ1v) is 7.47. The Morgan fingerprint density at radius 2 is 2.00 bits per heavy atom. The Bertz CT molecular complexity index is 371. The van der Waals surface area contributed by atoms with E-state index in [1.54, 1.807) is 7.11 Å². The van der Waals surface area contributed by atoms with Crippen LogP contribution >= 0.6 is 0 Å². The van der Waals surface area contributed by atoms with Crippen LogP contribution in [0.1, 0.15) is 51.7 Å². The molecule has 20 heavy (non-hydrogen) atoms. The molecule has 0 aliphatic heterocycles. The van der Waals surface area contributed by atoms with Gasteiger partial charge < -0.3 is 15.0 Å². The summed E-state index contributed by atoms with van der Waals surface area (Å²) in [7, 11) is 1.70. The second kappa shape index (κ2) is 8.37. The summed E-state index contributed by atoms with van der Waals surface area (Å²) in [6.45, 7) is 8.24. The molecule has 0 saturated heterocycles. The molecule has 0 radical (unpaired) electrons. The molecular formula is C15H29N3O2. The second-order valence-corrected chi connectivity index (χ2v) is 6.38. The van der Waals surface area contributed by atoms with Gasteiger partial charge in [-0.05, 0) is 37.1 Å². The van der Waals surface area contributed by atoms with E-state index in [-0.39, 0.29) is 5.41 Å². The number of aryl methyl sites for hydroxylation is 2. The lowest BCUT2D eigenvalue weighted by Crippen LogP contribution is -2.24. The first kappa shape index (κ1) is 17.1. The molecular weight excluding hydrogens is 254 g/mol. The quantitative estimate of drug-likeness (QED) is 0.705. The van der Waals surface area contributed by atoms with Crippen molar-refractivity contribution in [3.63, 3.8) is 0 Å². The number of methoxy groups -OCH3 is 1. The van der Waals surface area contributed by atoms with Gasteiger partial charge >= 0.3 is 0 Å². The van der Waals surface area contributed by atoms with Crippen molar-refractivity contribution in [3.8, 4) is 0 Å². The Morgan fingerprint density at radius 1 is 1.25 bits per heavy atom. The molecule has 1 heterocycles. The van der Waals surface area contributed by atoms with Gasteiger partial charge in [0.05, 0.1) is 0 Å². The average Bonchev–Trinajstić information content (AvgIpc) is 2.81. The molecule has 0 saturated carbocycles. The van der Waals surface area contributed by atoms with E-state index in [4.69, 9.17) is 15.0 Å². The fraction of sp³-hybridized carbons (Fsp3) is 0.867. The van der Waals surface area contributed by atoms with E-state index in [2.05, 4.69) is 30.9 Å². The highest BCUT2D eigenvalue weighted by atomic mass is 16.5. The van der Waals surface area contributed by atoms with Crippen LogP contribution in [0, 0.1) is 11.3 Å². The predicted octanol–water partition coefficient (Wildman–Crippen LogP) is 2.59. The Kier molecular flexibility index (Phi) is 7.16. The van der Waals surface area contributed by atoms with Gasteiger partial charge in [-0.15, -0.1) is 0 Å². The molecule has 0 amide bonds. The van der Waals surface area contributed by atoms with Gasteiger partial charge in [0.2, 0.25) is 5.89 Å². The van der Waals surface area contributed by atoms with E-state index in [1.807, 2.05) is 0 Å². The summed E-state index contributed by atoms with van der Waals surface area (Å²) in [5.41, 5.74) is 5.97. The number of ether oxygens (including phenoxy) is 1. The Hall–Kier alpha value is -0.940. The van der Waals surface area contributed by atoms with E-state index in [1.165, 1.54) is 0 Å². The number of rotatable bonds is 9. The minimum atomic E-state index is 0.265. The monoisotopic (exact) mass is 283 g/mol. The van der Waals surface area contributed by atoms with Crippen molar-refractivity contribution in [2.75, 3.05) is 20.3 Å². The molecule has 1 aromatic heterocycles. The summed E-state index contributed by atoms with van der Waals surface area (Å²) in [5, 5.41) is 4.01. The summed E-state index contributed by atoms with van der Waals surface area (Å²) < 4.78 is 10.3. The Labute approximate surface area is 122 Å². The zero-order chi connectivity index (χ0) is 15.0. The van der Waals surface area contributed by atoms with Crippen LogP contribution in [0.15, 0.2) is 4.52 Å². The van der Waals surface area contributed by atoms with Gasteiger partial charge in [-0.3, -0.25) is 0 Å². The summed E-state index contributed by atoms with van der Waals surface area (Å²) in [6.07, 6.45) is 4.65. The predicted molar refractivity (Wildman–Crippen MR) is 79.4 cm³/mol. The van der Waals surface area contributed by atoms with Crippen LogP contribution < -0.4 is 5.73 Å². The van der Waals surface area contributed by atoms with Gasteiger partial charge in [-0.2, -0.15) is 4.98 Å². The van der Waals surface area contributed by atoms with Crippen molar-refractivity contribution in [2.24, 2.45) is 17.1 Å². The van der Waals surface area contributed by atoms with Crippen LogP contribution in [0.2, 0.25) is 0 Å². The summed E-state index contributed by atoms with van der Waals surface area (Å²) in [5.74, 6) is 2.10. The van der Waals surface area contributed by atoms with Gasteiger partial charge in [0.1, 0.15) is 0 Å². The highest BCUT2D eigenvalue weighted by Gasteiger charge is 2.24. The molecule has 1 atom stereocenters. The molecule has 5 heteroatoms. The van der Waals surface area contributed by atoms with E-state index < -0.39 is 0 Å². The molecule has 1 aromatic rings. The van der Waals surface area contributed by atoms with Crippen molar-refractivity contribution >= 4 is 0 Å². The lowest BCUT2D eigenvalue weighted by molar-refractivity contribution is 0.194. The van der Waals surface area contributed by atoms with Crippen molar-refractivity contribution in [3.05, 3.63) is 11.7 Å². The van der Waals surface area contributed by atoms with Crippen LogP contribution in [-0.2, 0) is 17.6 Å². The molecule has 5 nitrogen and oxygen atoms in total. The highest BCUT2D eigenvalue weighted by Crippen LogP contribution is 2.32. The van der Waals surface area contributed by atoms with Crippen LogP contribution in [0.4, 0.5) is 0 Å². The van der Waals surface area contributed by atoms with Gasteiger partial charge in [0.25, 0.3) is 0 Å². The van der Waals surface area contributed by atoms with Crippen LogP contribution in [0.5, 0.6) is 0 Å². The van der Waals surface area contributed by atoms with Crippen molar-refractivity contribution < 1.29 is 9.26 Å². The summed E-state index contributed by atoms with van der Waals surface area (Å²) in [4.78, 5) is 4.43. The molecule has 0 fully saturated rings. The maximum Gasteiger partial charge on any atom is 0.226 e. The number of nitrogens with two attached hydrogens (primary N) is 1. The third-order valence-corrected chi connectivity index (χ3v) is 3.71. The Balaban J connectivity index is 2.43. The molecule has 0 aromatic carbocycles. The molecule has 0 aliphatic carbocycles. The maximum atomic E-state index is 5.70. The average molecular weight is 283 g/mol. The van der Waals surface area contributed by atoms with Gasteiger partial charge in [0.15, 0.2) is 5.82 Å².